The molecule has 0 spiro atoms. The zero-order chi connectivity index (χ0) is 17.0. The largest absolute Gasteiger partial charge is 0.494 e. The van der Waals surface area contributed by atoms with Gasteiger partial charge in [-0.05, 0) is 35.7 Å². The monoisotopic (exact) mass is 338 g/mol. The predicted octanol–water partition coefficient (Wildman–Crippen LogP) is 2.79. The van der Waals surface area contributed by atoms with Crippen molar-refractivity contribution in [2.45, 2.75) is 18.8 Å². The van der Waals surface area contributed by atoms with Crippen molar-refractivity contribution in [3.63, 3.8) is 0 Å². The molecule has 0 fully saturated rings. The number of rotatable bonds is 6. The van der Waals surface area contributed by atoms with Gasteiger partial charge in [0.05, 0.1) is 24.7 Å². The Balaban J connectivity index is 2.14. The third-order valence-electron chi connectivity index (χ3n) is 3.61. The van der Waals surface area contributed by atoms with E-state index in [1.54, 1.807) is 12.1 Å². The Morgan fingerprint density at radius 2 is 1.91 bits per heavy atom. The van der Waals surface area contributed by atoms with Gasteiger partial charge >= 0.3 is 0 Å². The highest BCUT2D eigenvalue weighted by Crippen LogP contribution is 2.24. The van der Waals surface area contributed by atoms with Crippen LogP contribution in [0.4, 0.5) is 4.39 Å². The number of aryl methyl sites for hydroxylation is 1. The molecule has 1 N–H and O–H groups in total. The summed E-state index contributed by atoms with van der Waals surface area (Å²) in [5.41, 5.74) is 1.78. The SMILES string of the molecule is COc1ccc(C(O)CS(=O)(=O)Cc2ccccc2C)cc1F. The Labute approximate surface area is 135 Å². The van der Waals surface area contributed by atoms with Crippen molar-refractivity contribution in [3.8, 4) is 5.75 Å². The summed E-state index contributed by atoms with van der Waals surface area (Å²) in [7, 11) is -2.20. The zero-order valence-electron chi connectivity index (χ0n) is 13.0. The smallest absolute Gasteiger partial charge is 0.165 e. The van der Waals surface area contributed by atoms with Gasteiger partial charge in [-0.15, -0.1) is 0 Å². The zero-order valence-corrected chi connectivity index (χ0v) is 13.8. The first-order chi connectivity index (χ1) is 10.8. The molecule has 0 saturated carbocycles. The minimum absolute atomic E-state index is 0.0451. The summed E-state index contributed by atoms with van der Waals surface area (Å²) >= 11 is 0. The number of benzene rings is 2. The van der Waals surface area contributed by atoms with Crippen LogP contribution in [0.15, 0.2) is 42.5 Å². The summed E-state index contributed by atoms with van der Waals surface area (Å²) in [5, 5.41) is 10.1. The quantitative estimate of drug-likeness (QED) is 0.880. The third-order valence-corrected chi connectivity index (χ3v) is 5.18. The van der Waals surface area contributed by atoms with Crippen LogP contribution in [0.25, 0.3) is 0 Å². The lowest BCUT2D eigenvalue weighted by Crippen LogP contribution is -2.17. The summed E-state index contributed by atoms with van der Waals surface area (Å²) in [4.78, 5) is 0. The maximum absolute atomic E-state index is 13.7. The van der Waals surface area contributed by atoms with Crippen molar-refractivity contribution in [1.82, 2.24) is 0 Å². The molecule has 0 bridgehead atoms. The van der Waals surface area contributed by atoms with Crippen LogP contribution in [-0.2, 0) is 15.6 Å². The van der Waals surface area contributed by atoms with Gasteiger partial charge in [0.2, 0.25) is 0 Å². The van der Waals surface area contributed by atoms with E-state index >= 15 is 0 Å². The lowest BCUT2D eigenvalue weighted by molar-refractivity contribution is 0.201. The van der Waals surface area contributed by atoms with Crippen LogP contribution in [0.5, 0.6) is 5.75 Å². The van der Waals surface area contributed by atoms with Crippen LogP contribution in [0, 0.1) is 12.7 Å². The Kier molecular flexibility index (Phi) is 5.38. The van der Waals surface area contributed by atoms with Crippen molar-refractivity contribution >= 4 is 9.84 Å². The van der Waals surface area contributed by atoms with E-state index in [0.717, 1.165) is 11.6 Å². The molecule has 2 aromatic rings. The number of sulfone groups is 1. The van der Waals surface area contributed by atoms with Gasteiger partial charge in [-0.3, -0.25) is 0 Å². The lowest BCUT2D eigenvalue weighted by Gasteiger charge is -2.13. The first-order valence-electron chi connectivity index (χ1n) is 7.09. The molecule has 0 aliphatic carbocycles. The van der Waals surface area contributed by atoms with Crippen molar-refractivity contribution < 1.29 is 22.7 Å². The molecule has 124 valence electrons. The van der Waals surface area contributed by atoms with E-state index in [2.05, 4.69) is 0 Å². The van der Waals surface area contributed by atoms with Crippen LogP contribution in [0.2, 0.25) is 0 Å². The summed E-state index contributed by atoms with van der Waals surface area (Å²) in [6, 6.07) is 11.1. The maximum atomic E-state index is 13.7. The minimum atomic E-state index is -3.54. The predicted molar refractivity (Wildman–Crippen MR) is 86.6 cm³/mol. The average Bonchev–Trinajstić information content (AvgIpc) is 2.48. The molecule has 0 radical (unpaired) electrons. The summed E-state index contributed by atoms with van der Waals surface area (Å²) in [5.74, 6) is -1.22. The molecular formula is C17H19FO4S. The highest BCUT2D eigenvalue weighted by Gasteiger charge is 2.21. The second-order valence-corrected chi connectivity index (χ2v) is 7.50. The summed E-state index contributed by atoms with van der Waals surface area (Å²) in [6.45, 7) is 1.83. The molecule has 0 aliphatic heterocycles. The number of methoxy groups -OCH3 is 1. The molecule has 6 heteroatoms. The van der Waals surface area contributed by atoms with Crippen molar-refractivity contribution in [3.05, 3.63) is 65.0 Å². The Morgan fingerprint density at radius 1 is 1.22 bits per heavy atom. The molecule has 4 nitrogen and oxygen atoms in total. The topological polar surface area (TPSA) is 63.6 Å². The first-order valence-corrected chi connectivity index (χ1v) is 8.91. The number of hydrogen-bond donors (Lipinski definition) is 1. The molecule has 0 aromatic heterocycles. The van der Waals surface area contributed by atoms with Gasteiger partial charge in [0.1, 0.15) is 0 Å². The molecule has 0 saturated heterocycles. The molecule has 23 heavy (non-hydrogen) atoms. The second-order valence-electron chi connectivity index (χ2n) is 5.39. The Morgan fingerprint density at radius 3 is 2.52 bits per heavy atom. The van der Waals surface area contributed by atoms with Crippen LogP contribution < -0.4 is 4.74 Å². The van der Waals surface area contributed by atoms with Gasteiger partial charge in [0.15, 0.2) is 21.4 Å². The normalized spacial score (nSPS) is 12.9. The molecular weight excluding hydrogens is 319 g/mol. The van der Waals surface area contributed by atoms with Crippen LogP contribution in [0.1, 0.15) is 22.8 Å². The Bertz CT molecular complexity index is 787. The number of ether oxygens (including phenoxy) is 1. The van der Waals surface area contributed by atoms with Gasteiger partial charge < -0.3 is 9.84 Å². The van der Waals surface area contributed by atoms with E-state index in [4.69, 9.17) is 4.74 Å². The molecule has 1 atom stereocenters. The van der Waals surface area contributed by atoms with Crippen LogP contribution >= 0.6 is 0 Å². The van der Waals surface area contributed by atoms with Gasteiger partial charge in [-0.1, -0.05) is 30.3 Å². The summed E-state index contributed by atoms with van der Waals surface area (Å²) < 4.78 is 43.0. The number of hydrogen-bond acceptors (Lipinski definition) is 4. The van der Waals surface area contributed by atoms with Gasteiger partial charge in [0.25, 0.3) is 0 Å². The van der Waals surface area contributed by atoms with E-state index in [1.807, 2.05) is 19.1 Å². The lowest BCUT2D eigenvalue weighted by atomic mass is 10.1. The fraction of sp³-hybridized carbons (Fsp3) is 0.294. The van der Waals surface area contributed by atoms with E-state index in [9.17, 15) is 17.9 Å². The van der Waals surface area contributed by atoms with E-state index in [0.29, 0.717) is 5.56 Å². The van der Waals surface area contributed by atoms with Gasteiger partial charge in [-0.25, -0.2) is 12.8 Å². The molecule has 2 rings (SSSR count). The minimum Gasteiger partial charge on any atom is -0.494 e. The number of halogens is 1. The van der Waals surface area contributed by atoms with Crippen molar-refractivity contribution in [2.75, 3.05) is 12.9 Å². The number of aliphatic hydroxyl groups is 1. The highest BCUT2D eigenvalue weighted by atomic mass is 32.2. The molecule has 0 amide bonds. The summed E-state index contributed by atoms with van der Waals surface area (Å²) in [6.07, 6.45) is -1.29. The maximum Gasteiger partial charge on any atom is 0.165 e. The molecule has 0 heterocycles. The van der Waals surface area contributed by atoms with E-state index < -0.39 is 27.5 Å². The third kappa shape index (κ3) is 4.53. The van der Waals surface area contributed by atoms with Crippen LogP contribution in [0.3, 0.4) is 0 Å². The van der Waals surface area contributed by atoms with Gasteiger partial charge in [-0.2, -0.15) is 0 Å². The highest BCUT2D eigenvalue weighted by molar-refractivity contribution is 7.90. The van der Waals surface area contributed by atoms with E-state index in [-0.39, 0.29) is 17.1 Å². The fourth-order valence-corrected chi connectivity index (χ4v) is 3.88. The van der Waals surface area contributed by atoms with Crippen LogP contribution in [-0.4, -0.2) is 26.4 Å². The second kappa shape index (κ2) is 7.10. The number of aliphatic hydroxyl groups excluding tert-OH is 1. The fourth-order valence-electron chi connectivity index (χ4n) is 2.29. The molecule has 1 unspecified atom stereocenters. The molecule has 2 aromatic carbocycles. The van der Waals surface area contributed by atoms with Gasteiger partial charge in [0, 0.05) is 0 Å². The average molecular weight is 338 g/mol. The van der Waals surface area contributed by atoms with E-state index in [1.165, 1.54) is 19.2 Å². The standard InChI is InChI=1S/C17H19FO4S/c1-12-5-3-4-6-14(12)10-23(20,21)11-16(19)13-7-8-17(22-2)15(18)9-13/h3-9,16,19H,10-11H2,1-2H3. The van der Waals surface area contributed by atoms with Crippen molar-refractivity contribution in [1.29, 1.82) is 0 Å². The molecule has 0 aliphatic rings. The van der Waals surface area contributed by atoms with Crippen molar-refractivity contribution in [2.24, 2.45) is 0 Å². The first kappa shape index (κ1) is 17.4. The Hall–Kier alpha value is -1.92.